The predicted octanol–water partition coefficient (Wildman–Crippen LogP) is 25.2. The molecule has 83 heavy (non-hydrogen) atoms. The highest BCUT2D eigenvalue weighted by Gasteiger charge is 2.19. The molecule has 0 amide bonds. The molecule has 0 rings (SSSR count). The van der Waals surface area contributed by atoms with Crippen LogP contribution in [0.5, 0.6) is 0 Å². The molecule has 0 aliphatic rings. The fourth-order valence-corrected chi connectivity index (χ4v) is 10.8. The van der Waals surface area contributed by atoms with E-state index in [1.807, 2.05) is 0 Å². The zero-order chi connectivity index (χ0) is 59.9. The third kappa shape index (κ3) is 69.5. The number of carbonyl (C=O) groups is 3. The van der Waals surface area contributed by atoms with Gasteiger partial charge in [-0.05, 0) is 89.9 Å². The Hall–Kier alpha value is -3.15. The SMILES string of the molecule is CC/C=C\C/C=C\C/C=C\C/C=C\C/C=C\CCCCCCCCCCCCCC(=O)OC(COC(=O)CCCCCCCCC)COC(=O)CCCCCCCCCCCCCCCCCCCCC/C=C\CCCCCCCCCC. The van der Waals surface area contributed by atoms with E-state index in [0.29, 0.717) is 19.3 Å². The standard InChI is InChI=1S/C77H138O6/c1-4-7-10-13-16-18-20-22-24-26-28-30-32-34-36-37-38-39-41-42-44-46-48-50-52-54-56-58-61-64-67-70-76(79)82-73-74(72-81-75(78)69-66-63-60-15-12-9-6-3)83-77(80)71-68-65-62-59-57-55-53-51-49-47-45-43-40-35-33-31-29-27-25-23-21-19-17-14-11-8-5-2/h8,11,17,19,23,25-26,28-29,31,35,40,74H,4-7,9-10,12-16,18,20-22,24,27,30,32-34,36-39,41-73H2,1-3H3/b11-8-,19-17-,25-23-,28-26-,31-29-,40-35-. The van der Waals surface area contributed by atoms with Crippen LogP contribution in [-0.4, -0.2) is 37.2 Å². The normalized spacial score (nSPS) is 12.5. The van der Waals surface area contributed by atoms with E-state index >= 15 is 0 Å². The van der Waals surface area contributed by atoms with E-state index in [1.165, 1.54) is 250 Å². The highest BCUT2D eigenvalue weighted by Crippen LogP contribution is 2.18. The predicted molar refractivity (Wildman–Crippen MR) is 362 cm³/mol. The second-order valence-electron chi connectivity index (χ2n) is 24.5. The minimum atomic E-state index is -0.774. The topological polar surface area (TPSA) is 78.9 Å². The fourth-order valence-electron chi connectivity index (χ4n) is 10.8. The third-order valence-corrected chi connectivity index (χ3v) is 16.2. The van der Waals surface area contributed by atoms with Crippen LogP contribution in [0.25, 0.3) is 0 Å². The molecular formula is C77H138O6. The molecule has 0 aromatic carbocycles. The second kappa shape index (κ2) is 71.3. The Morgan fingerprint density at radius 1 is 0.253 bits per heavy atom. The average molecular weight is 1160 g/mol. The summed E-state index contributed by atoms with van der Waals surface area (Å²) >= 11 is 0. The van der Waals surface area contributed by atoms with Gasteiger partial charge in [0.15, 0.2) is 6.10 Å². The van der Waals surface area contributed by atoms with Crippen molar-refractivity contribution in [2.24, 2.45) is 0 Å². The summed E-state index contributed by atoms with van der Waals surface area (Å²) in [6.45, 7) is 6.53. The lowest BCUT2D eigenvalue weighted by Crippen LogP contribution is -2.30. The Kier molecular flexibility index (Phi) is 68.6. The van der Waals surface area contributed by atoms with Crippen molar-refractivity contribution in [2.45, 2.75) is 386 Å². The van der Waals surface area contributed by atoms with E-state index in [9.17, 15) is 14.4 Å². The van der Waals surface area contributed by atoms with Crippen molar-refractivity contribution in [3.8, 4) is 0 Å². The summed E-state index contributed by atoms with van der Waals surface area (Å²) in [6, 6.07) is 0. The Morgan fingerprint density at radius 2 is 0.470 bits per heavy atom. The van der Waals surface area contributed by atoms with E-state index in [4.69, 9.17) is 14.2 Å². The molecule has 0 radical (unpaired) electrons. The summed E-state index contributed by atoms with van der Waals surface area (Å²) in [4.78, 5) is 38.2. The average Bonchev–Trinajstić information content (AvgIpc) is 3.49. The number of esters is 3. The maximum atomic E-state index is 12.9. The summed E-state index contributed by atoms with van der Waals surface area (Å²) < 4.78 is 16.9. The van der Waals surface area contributed by atoms with E-state index in [-0.39, 0.29) is 31.1 Å². The fraction of sp³-hybridized carbons (Fsp3) is 0.805. The summed E-state index contributed by atoms with van der Waals surface area (Å²) in [5.74, 6) is -0.861. The largest absolute Gasteiger partial charge is 0.462 e. The first-order chi connectivity index (χ1) is 41.0. The molecule has 0 aromatic rings. The number of rotatable bonds is 67. The molecule has 0 heterocycles. The van der Waals surface area contributed by atoms with E-state index in [2.05, 4.69) is 93.7 Å². The number of hydrogen-bond acceptors (Lipinski definition) is 6. The Labute approximate surface area is 516 Å². The van der Waals surface area contributed by atoms with Crippen LogP contribution in [0.1, 0.15) is 380 Å². The minimum Gasteiger partial charge on any atom is -0.462 e. The van der Waals surface area contributed by atoms with Gasteiger partial charge in [-0.25, -0.2) is 0 Å². The summed E-state index contributed by atoms with van der Waals surface area (Å²) in [5.41, 5.74) is 0. The maximum absolute atomic E-state index is 12.9. The molecule has 0 fully saturated rings. The summed E-state index contributed by atoms with van der Waals surface area (Å²) in [7, 11) is 0. The van der Waals surface area contributed by atoms with Crippen LogP contribution in [-0.2, 0) is 28.6 Å². The van der Waals surface area contributed by atoms with Gasteiger partial charge in [-0.3, -0.25) is 14.4 Å². The second-order valence-corrected chi connectivity index (χ2v) is 24.5. The Bertz CT molecular complexity index is 1520. The zero-order valence-electron chi connectivity index (χ0n) is 55.5. The lowest BCUT2D eigenvalue weighted by Gasteiger charge is -2.18. The number of unbranched alkanes of at least 4 members (excludes halogenated alkanes) is 44. The smallest absolute Gasteiger partial charge is 0.306 e. The first-order valence-corrected chi connectivity index (χ1v) is 36.4. The van der Waals surface area contributed by atoms with Gasteiger partial charge >= 0.3 is 17.9 Å². The lowest BCUT2D eigenvalue weighted by atomic mass is 10.0. The molecule has 482 valence electrons. The molecule has 0 aliphatic carbocycles. The van der Waals surface area contributed by atoms with Crippen LogP contribution in [0.15, 0.2) is 72.9 Å². The molecular weight excluding hydrogens is 1020 g/mol. The monoisotopic (exact) mass is 1160 g/mol. The van der Waals surface area contributed by atoms with Gasteiger partial charge in [-0.15, -0.1) is 0 Å². The van der Waals surface area contributed by atoms with Crippen molar-refractivity contribution >= 4 is 17.9 Å². The number of allylic oxidation sites excluding steroid dienone is 12. The molecule has 1 atom stereocenters. The number of hydrogen-bond donors (Lipinski definition) is 0. The van der Waals surface area contributed by atoms with Crippen LogP contribution < -0.4 is 0 Å². The number of carbonyl (C=O) groups excluding carboxylic acids is 3. The molecule has 0 bridgehead atoms. The van der Waals surface area contributed by atoms with Crippen LogP contribution in [0.3, 0.4) is 0 Å². The van der Waals surface area contributed by atoms with E-state index in [1.54, 1.807) is 0 Å². The highest BCUT2D eigenvalue weighted by atomic mass is 16.6. The van der Waals surface area contributed by atoms with Crippen molar-refractivity contribution < 1.29 is 28.6 Å². The van der Waals surface area contributed by atoms with E-state index in [0.717, 1.165) is 89.9 Å². The minimum absolute atomic E-state index is 0.0718. The molecule has 6 heteroatoms. The molecule has 0 aliphatic heterocycles. The molecule has 0 aromatic heterocycles. The molecule has 0 spiro atoms. The van der Waals surface area contributed by atoms with Gasteiger partial charge < -0.3 is 14.2 Å². The van der Waals surface area contributed by atoms with Crippen molar-refractivity contribution in [2.75, 3.05) is 13.2 Å². The van der Waals surface area contributed by atoms with Gasteiger partial charge in [0.1, 0.15) is 13.2 Å². The molecule has 0 saturated heterocycles. The van der Waals surface area contributed by atoms with Gasteiger partial charge in [-0.1, -0.05) is 344 Å². The van der Waals surface area contributed by atoms with Gasteiger partial charge in [0.2, 0.25) is 0 Å². The Balaban J connectivity index is 4.02. The van der Waals surface area contributed by atoms with Gasteiger partial charge in [0.05, 0.1) is 0 Å². The maximum Gasteiger partial charge on any atom is 0.306 e. The lowest BCUT2D eigenvalue weighted by molar-refractivity contribution is -0.167. The Morgan fingerprint density at radius 3 is 0.747 bits per heavy atom. The molecule has 0 N–H and O–H groups in total. The van der Waals surface area contributed by atoms with Crippen LogP contribution in [0.2, 0.25) is 0 Å². The van der Waals surface area contributed by atoms with Crippen LogP contribution in [0.4, 0.5) is 0 Å². The van der Waals surface area contributed by atoms with Gasteiger partial charge in [-0.2, -0.15) is 0 Å². The van der Waals surface area contributed by atoms with Crippen molar-refractivity contribution in [3.05, 3.63) is 72.9 Å². The van der Waals surface area contributed by atoms with Gasteiger partial charge in [0, 0.05) is 19.3 Å². The molecule has 6 nitrogen and oxygen atoms in total. The van der Waals surface area contributed by atoms with Crippen molar-refractivity contribution in [1.29, 1.82) is 0 Å². The third-order valence-electron chi connectivity index (χ3n) is 16.2. The molecule has 1 unspecified atom stereocenters. The van der Waals surface area contributed by atoms with Gasteiger partial charge in [0.25, 0.3) is 0 Å². The summed E-state index contributed by atoms with van der Waals surface area (Å²) in [5, 5.41) is 0. The highest BCUT2D eigenvalue weighted by molar-refractivity contribution is 5.71. The van der Waals surface area contributed by atoms with Crippen molar-refractivity contribution in [1.82, 2.24) is 0 Å². The van der Waals surface area contributed by atoms with Crippen LogP contribution in [0, 0.1) is 0 Å². The quantitative estimate of drug-likeness (QED) is 0.0261. The van der Waals surface area contributed by atoms with E-state index < -0.39 is 6.10 Å². The first kappa shape index (κ1) is 79.8. The molecule has 0 saturated carbocycles. The summed E-state index contributed by atoms with van der Waals surface area (Å²) in [6.07, 6.45) is 94.0. The van der Waals surface area contributed by atoms with Crippen molar-refractivity contribution in [3.63, 3.8) is 0 Å². The first-order valence-electron chi connectivity index (χ1n) is 36.4. The number of ether oxygens (including phenoxy) is 3. The zero-order valence-corrected chi connectivity index (χ0v) is 55.5. The van der Waals surface area contributed by atoms with Crippen LogP contribution >= 0.6 is 0 Å².